The highest BCUT2D eigenvalue weighted by atomic mass is 79.9. The summed E-state index contributed by atoms with van der Waals surface area (Å²) in [4.78, 5) is 0. The number of benzene rings is 1. The Balaban J connectivity index is 2.45. The molecule has 3 heteroatoms. The average molecular weight is 300 g/mol. The third-order valence-electron chi connectivity index (χ3n) is 3.11. The van der Waals surface area contributed by atoms with Crippen molar-refractivity contribution < 1.29 is 4.74 Å². The van der Waals surface area contributed by atoms with E-state index < -0.39 is 0 Å². The van der Waals surface area contributed by atoms with Crippen LogP contribution in [0.5, 0.6) is 0 Å². The second-order valence-electron chi connectivity index (χ2n) is 5.06. The van der Waals surface area contributed by atoms with E-state index in [1.54, 1.807) is 7.11 Å². The van der Waals surface area contributed by atoms with Crippen LogP contribution in [-0.4, -0.2) is 18.8 Å². The summed E-state index contributed by atoms with van der Waals surface area (Å²) >= 11 is 3.55. The quantitative estimate of drug-likeness (QED) is 0.872. The van der Waals surface area contributed by atoms with Gasteiger partial charge in [-0.15, -0.1) is 0 Å². The second-order valence-corrected chi connectivity index (χ2v) is 5.91. The summed E-state index contributed by atoms with van der Waals surface area (Å²) in [5.41, 5.74) is 7.36. The highest BCUT2D eigenvalue weighted by molar-refractivity contribution is 9.10. The lowest BCUT2D eigenvalue weighted by Gasteiger charge is -2.24. The van der Waals surface area contributed by atoms with E-state index in [9.17, 15) is 0 Å². The first-order chi connectivity index (χ1) is 7.94. The molecule has 1 atom stereocenters. The van der Waals surface area contributed by atoms with Gasteiger partial charge in [0.05, 0.1) is 5.60 Å². The fourth-order valence-corrected chi connectivity index (χ4v) is 2.13. The molecule has 2 nitrogen and oxygen atoms in total. The van der Waals surface area contributed by atoms with Crippen molar-refractivity contribution in [2.75, 3.05) is 7.11 Å². The Morgan fingerprint density at radius 3 is 2.59 bits per heavy atom. The molecule has 0 aromatic heterocycles. The lowest BCUT2D eigenvalue weighted by molar-refractivity contribution is 0.0125. The van der Waals surface area contributed by atoms with Crippen molar-refractivity contribution in [2.24, 2.45) is 5.73 Å². The van der Waals surface area contributed by atoms with Crippen molar-refractivity contribution in [3.63, 3.8) is 0 Å². The average Bonchev–Trinajstić information content (AvgIpc) is 2.30. The first kappa shape index (κ1) is 14.7. The van der Waals surface area contributed by atoms with Crippen LogP contribution < -0.4 is 5.73 Å². The van der Waals surface area contributed by atoms with Crippen LogP contribution in [0.25, 0.3) is 0 Å². The van der Waals surface area contributed by atoms with Gasteiger partial charge in [0.1, 0.15) is 0 Å². The van der Waals surface area contributed by atoms with E-state index >= 15 is 0 Å². The molecule has 1 unspecified atom stereocenters. The Morgan fingerprint density at radius 1 is 1.35 bits per heavy atom. The number of hydrogen-bond acceptors (Lipinski definition) is 2. The molecule has 0 aliphatic heterocycles. The summed E-state index contributed by atoms with van der Waals surface area (Å²) in [6, 6.07) is 8.43. The first-order valence-corrected chi connectivity index (χ1v) is 6.78. The molecule has 0 saturated carbocycles. The maximum atomic E-state index is 6.16. The van der Waals surface area contributed by atoms with E-state index in [1.165, 1.54) is 5.56 Å². The van der Waals surface area contributed by atoms with Crippen molar-refractivity contribution >= 4 is 15.9 Å². The van der Waals surface area contributed by atoms with E-state index in [0.717, 1.165) is 23.7 Å². The Hall–Kier alpha value is -0.380. The predicted octanol–water partition coefficient (Wildman–Crippen LogP) is 3.52. The van der Waals surface area contributed by atoms with Gasteiger partial charge in [0.25, 0.3) is 0 Å². The largest absolute Gasteiger partial charge is 0.379 e. The van der Waals surface area contributed by atoms with E-state index in [0.29, 0.717) is 0 Å². The zero-order valence-corrected chi connectivity index (χ0v) is 12.5. The molecule has 1 rings (SSSR count). The normalized spacial score (nSPS) is 13.7. The minimum absolute atomic E-state index is 0.0778. The third kappa shape index (κ3) is 5.19. The molecule has 0 heterocycles. The molecule has 0 spiro atoms. The Kier molecular flexibility index (Phi) is 5.63. The van der Waals surface area contributed by atoms with E-state index in [2.05, 4.69) is 41.9 Å². The number of ether oxygens (including phenoxy) is 1. The number of halogens is 1. The lowest BCUT2D eigenvalue weighted by Crippen LogP contribution is -2.29. The van der Waals surface area contributed by atoms with Gasteiger partial charge in [-0.05, 0) is 44.7 Å². The molecule has 0 amide bonds. The van der Waals surface area contributed by atoms with Gasteiger partial charge in [0.15, 0.2) is 0 Å². The van der Waals surface area contributed by atoms with Crippen LogP contribution in [0.3, 0.4) is 0 Å². The fourth-order valence-electron chi connectivity index (χ4n) is 1.68. The van der Waals surface area contributed by atoms with Gasteiger partial charge >= 0.3 is 0 Å². The maximum Gasteiger partial charge on any atom is 0.0623 e. The molecule has 0 radical (unpaired) electrons. The summed E-state index contributed by atoms with van der Waals surface area (Å²) in [6.07, 6.45) is 2.86. The highest BCUT2D eigenvalue weighted by Crippen LogP contribution is 2.20. The van der Waals surface area contributed by atoms with Crippen molar-refractivity contribution in [2.45, 2.75) is 44.8 Å². The molecular formula is C14H22BrNO. The summed E-state index contributed by atoms with van der Waals surface area (Å²) < 4.78 is 6.54. The predicted molar refractivity (Wildman–Crippen MR) is 76.1 cm³/mol. The van der Waals surface area contributed by atoms with Crippen LogP contribution in [0.4, 0.5) is 0 Å². The lowest BCUT2D eigenvalue weighted by atomic mass is 9.96. The second kappa shape index (κ2) is 6.53. The summed E-state index contributed by atoms with van der Waals surface area (Å²) in [6.45, 7) is 4.19. The molecule has 1 aromatic carbocycles. The molecule has 0 aliphatic carbocycles. The van der Waals surface area contributed by atoms with E-state index in [1.807, 2.05) is 12.1 Å². The Bertz CT molecular complexity index is 352. The van der Waals surface area contributed by atoms with Gasteiger partial charge in [0, 0.05) is 17.6 Å². The number of hydrogen-bond donors (Lipinski definition) is 1. The van der Waals surface area contributed by atoms with Crippen LogP contribution in [-0.2, 0) is 11.2 Å². The topological polar surface area (TPSA) is 35.2 Å². The SMILES string of the molecule is COC(C)(C)CCC(N)Cc1ccccc1Br. The zero-order valence-electron chi connectivity index (χ0n) is 10.9. The summed E-state index contributed by atoms with van der Waals surface area (Å²) in [7, 11) is 1.75. The molecule has 0 bridgehead atoms. The third-order valence-corrected chi connectivity index (χ3v) is 3.88. The molecule has 17 heavy (non-hydrogen) atoms. The summed E-state index contributed by atoms with van der Waals surface area (Å²) in [5.74, 6) is 0. The van der Waals surface area contributed by atoms with Gasteiger partial charge in [-0.2, -0.15) is 0 Å². The Labute approximate surface area is 113 Å². The Morgan fingerprint density at radius 2 is 2.00 bits per heavy atom. The number of rotatable bonds is 6. The molecule has 0 aliphatic rings. The zero-order chi connectivity index (χ0) is 12.9. The number of methoxy groups -OCH3 is 1. The monoisotopic (exact) mass is 299 g/mol. The molecule has 96 valence electrons. The molecule has 0 saturated heterocycles. The van der Waals surface area contributed by atoms with Crippen LogP contribution in [0.2, 0.25) is 0 Å². The molecule has 2 N–H and O–H groups in total. The molecular weight excluding hydrogens is 278 g/mol. The van der Waals surface area contributed by atoms with E-state index in [-0.39, 0.29) is 11.6 Å². The van der Waals surface area contributed by atoms with Crippen molar-refractivity contribution in [3.05, 3.63) is 34.3 Å². The number of nitrogens with two attached hydrogens (primary N) is 1. The minimum atomic E-state index is -0.0778. The maximum absolute atomic E-state index is 6.16. The van der Waals surface area contributed by atoms with Crippen molar-refractivity contribution in [3.8, 4) is 0 Å². The molecule has 1 aromatic rings. The van der Waals surface area contributed by atoms with Gasteiger partial charge in [-0.3, -0.25) is 0 Å². The van der Waals surface area contributed by atoms with Gasteiger partial charge in [-0.1, -0.05) is 34.1 Å². The van der Waals surface area contributed by atoms with E-state index in [4.69, 9.17) is 10.5 Å². The van der Waals surface area contributed by atoms with Gasteiger partial charge in [-0.25, -0.2) is 0 Å². The van der Waals surface area contributed by atoms with Gasteiger partial charge in [0.2, 0.25) is 0 Å². The van der Waals surface area contributed by atoms with Crippen LogP contribution in [0.1, 0.15) is 32.3 Å². The van der Waals surface area contributed by atoms with Crippen LogP contribution in [0, 0.1) is 0 Å². The summed E-state index contributed by atoms with van der Waals surface area (Å²) in [5, 5.41) is 0. The van der Waals surface area contributed by atoms with Crippen LogP contribution in [0.15, 0.2) is 28.7 Å². The van der Waals surface area contributed by atoms with Crippen molar-refractivity contribution in [1.82, 2.24) is 0 Å². The van der Waals surface area contributed by atoms with Crippen LogP contribution >= 0.6 is 15.9 Å². The molecule has 0 fully saturated rings. The standard InChI is InChI=1S/C14H22BrNO/c1-14(2,17-3)9-8-12(16)10-11-6-4-5-7-13(11)15/h4-7,12H,8-10,16H2,1-3H3. The van der Waals surface area contributed by atoms with Crippen molar-refractivity contribution in [1.29, 1.82) is 0 Å². The van der Waals surface area contributed by atoms with Gasteiger partial charge < -0.3 is 10.5 Å². The fraction of sp³-hybridized carbons (Fsp3) is 0.571. The smallest absolute Gasteiger partial charge is 0.0623 e. The highest BCUT2D eigenvalue weighted by Gasteiger charge is 2.18. The minimum Gasteiger partial charge on any atom is -0.379 e. The first-order valence-electron chi connectivity index (χ1n) is 5.99.